The Morgan fingerprint density at radius 3 is 2.65 bits per heavy atom. The fourth-order valence-corrected chi connectivity index (χ4v) is 2.31. The zero-order valence-electron chi connectivity index (χ0n) is 11.8. The fraction of sp³-hybridized carbons (Fsp3) is 0.429. The predicted molar refractivity (Wildman–Crippen MR) is 74.1 cm³/mol. The number of aromatic nitrogens is 2. The molecular formula is C14H17N3O3. The second kappa shape index (κ2) is 5.40. The molecule has 1 aliphatic heterocycles. The summed E-state index contributed by atoms with van der Waals surface area (Å²) in [6.45, 7) is 5.52. The first-order valence-corrected chi connectivity index (χ1v) is 6.50. The number of amides is 2. The van der Waals surface area contributed by atoms with Crippen LogP contribution in [0.1, 0.15) is 39.7 Å². The Morgan fingerprint density at radius 2 is 2.10 bits per heavy atom. The highest BCUT2D eigenvalue weighted by molar-refractivity contribution is 5.99. The van der Waals surface area contributed by atoms with Crippen LogP contribution in [0, 0.1) is 0 Å². The first-order valence-electron chi connectivity index (χ1n) is 6.50. The third-order valence-electron chi connectivity index (χ3n) is 3.34. The second-order valence-electron chi connectivity index (χ2n) is 4.97. The molecule has 20 heavy (non-hydrogen) atoms. The number of carbonyl (C=O) groups is 2. The summed E-state index contributed by atoms with van der Waals surface area (Å²) in [5, 5.41) is 3.37. The number of imide groups is 1. The van der Waals surface area contributed by atoms with E-state index in [1.165, 1.54) is 10.9 Å². The van der Waals surface area contributed by atoms with Gasteiger partial charge in [-0.2, -0.15) is 0 Å². The minimum absolute atomic E-state index is 0.231. The van der Waals surface area contributed by atoms with Gasteiger partial charge >= 0.3 is 0 Å². The molecule has 2 rings (SSSR count). The second-order valence-corrected chi connectivity index (χ2v) is 4.97. The number of nitrogens with zero attached hydrogens (tertiary/aromatic N) is 2. The van der Waals surface area contributed by atoms with Crippen LogP contribution in [0.3, 0.4) is 0 Å². The van der Waals surface area contributed by atoms with E-state index in [9.17, 15) is 14.4 Å². The molecule has 1 unspecified atom stereocenters. The smallest absolute Gasteiger partial charge is 0.261 e. The van der Waals surface area contributed by atoms with Crippen molar-refractivity contribution in [1.29, 1.82) is 0 Å². The highest BCUT2D eigenvalue weighted by Gasteiger charge is 2.28. The minimum atomic E-state index is -0.669. The van der Waals surface area contributed by atoms with E-state index in [1.807, 2.05) is 13.8 Å². The maximum absolute atomic E-state index is 12.5. The fourth-order valence-electron chi connectivity index (χ4n) is 2.31. The lowest BCUT2D eigenvalue weighted by molar-refractivity contribution is -0.135. The monoisotopic (exact) mass is 275 g/mol. The predicted octanol–water partition coefficient (Wildman–Crippen LogP) is -0.788. The van der Waals surface area contributed by atoms with E-state index < -0.39 is 11.9 Å². The van der Waals surface area contributed by atoms with Crippen LogP contribution in [0.5, 0.6) is 0 Å². The molecule has 1 N–H and O–H groups in total. The highest BCUT2D eigenvalue weighted by Crippen LogP contribution is 2.15. The number of carbonyl (C=O) groups excluding carboxylic acids is 2. The van der Waals surface area contributed by atoms with Crippen molar-refractivity contribution >= 4 is 23.5 Å². The average molecular weight is 275 g/mol. The van der Waals surface area contributed by atoms with Crippen molar-refractivity contribution in [1.82, 2.24) is 14.9 Å². The first kappa shape index (κ1) is 14.2. The molecule has 0 radical (unpaired) electrons. The maximum Gasteiger partial charge on any atom is 0.261 e. The van der Waals surface area contributed by atoms with Crippen LogP contribution in [0.15, 0.2) is 11.1 Å². The highest BCUT2D eigenvalue weighted by atomic mass is 16.2. The van der Waals surface area contributed by atoms with Crippen LogP contribution in [0.25, 0.3) is 11.6 Å². The van der Waals surface area contributed by atoms with Gasteiger partial charge in [-0.1, -0.05) is 6.08 Å². The molecule has 0 bridgehead atoms. The summed E-state index contributed by atoms with van der Waals surface area (Å²) in [5.41, 5.74) is 0.679. The third-order valence-corrected chi connectivity index (χ3v) is 3.34. The minimum Gasteiger partial charge on any atom is -0.295 e. The van der Waals surface area contributed by atoms with E-state index in [0.717, 1.165) is 5.57 Å². The van der Waals surface area contributed by atoms with E-state index >= 15 is 0 Å². The number of hydrogen-bond donors (Lipinski definition) is 1. The summed E-state index contributed by atoms with van der Waals surface area (Å²) in [6.07, 6.45) is 3.63. The van der Waals surface area contributed by atoms with E-state index in [1.54, 1.807) is 13.0 Å². The molecule has 1 aromatic heterocycles. The lowest BCUT2D eigenvalue weighted by Crippen LogP contribution is -2.51. The summed E-state index contributed by atoms with van der Waals surface area (Å²) in [7, 11) is 0. The number of rotatable bonds is 1. The molecule has 1 fully saturated rings. The first-order chi connectivity index (χ1) is 9.45. The molecule has 0 aliphatic carbocycles. The number of hydrogen-bond acceptors (Lipinski definition) is 4. The molecule has 0 spiro atoms. The average Bonchev–Trinajstić information content (AvgIpc) is 2.39. The van der Waals surface area contributed by atoms with E-state index in [2.05, 4.69) is 10.3 Å². The molecule has 0 saturated carbocycles. The van der Waals surface area contributed by atoms with Gasteiger partial charge in [0.05, 0.1) is 16.9 Å². The maximum atomic E-state index is 12.5. The van der Waals surface area contributed by atoms with Crippen molar-refractivity contribution in [3.63, 3.8) is 0 Å². The lowest BCUT2D eigenvalue weighted by Gasteiger charge is -2.22. The van der Waals surface area contributed by atoms with Crippen molar-refractivity contribution in [2.45, 2.75) is 39.7 Å². The van der Waals surface area contributed by atoms with Crippen LogP contribution >= 0.6 is 0 Å². The van der Waals surface area contributed by atoms with Gasteiger partial charge in [0.25, 0.3) is 5.56 Å². The van der Waals surface area contributed by atoms with Crippen LogP contribution in [0.4, 0.5) is 0 Å². The molecular weight excluding hydrogens is 258 g/mol. The molecule has 6 nitrogen and oxygen atoms in total. The van der Waals surface area contributed by atoms with Gasteiger partial charge in [-0.3, -0.25) is 24.3 Å². The molecule has 2 amide bonds. The van der Waals surface area contributed by atoms with Gasteiger partial charge in [0.15, 0.2) is 0 Å². The van der Waals surface area contributed by atoms with Crippen LogP contribution in [-0.4, -0.2) is 21.4 Å². The summed E-state index contributed by atoms with van der Waals surface area (Å²) < 4.78 is 1.31. The molecule has 2 heterocycles. The Bertz CT molecular complexity index is 742. The van der Waals surface area contributed by atoms with E-state index in [0.29, 0.717) is 17.0 Å². The van der Waals surface area contributed by atoms with Crippen molar-refractivity contribution in [3.8, 4) is 0 Å². The van der Waals surface area contributed by atoms with Gasteiger partial charge in [0.2, 0.25) is 11.8 Å². The third kappa shape index (κ3) is 2.41. The van der Waals surface area contributed by atoms with Gasteiger partial charge in [0, 0.05) is 6.42 Å². The molecule has 106 valence electrons. The van der Waals surface area contributed by atoms with E-state index in [4.69, 9.17) is 0 Å². The Balaban J connectivity index is 2.62. The topological polar surface area (TPSA) is 81.1 Å². The summed E-state index contributed by atoms with van der Waals surface area (Å²) in [6, 6.07) is -0.669. The standard InChI is InChI=1S/C14H17N3O3/c1-4-9-12(8(2)3)15-7-17(14(9)20)10-5-6-11(18)16-13(10)19/h4,7,10H,5-6H2,1-3H3,(H,16,18,19)/b9-4+. The summed E-state index contributed by atoms with van der Waals surface area (Å²) in [4.78, 5) is 39.7. The molecule has 1 aliphatic rings. The van der Waals surface area contributed by atoms with Crippen LogP contribution in [0.2, 0.25) is 0 Å². The zero-order chi connectivity index (χ0) is 14.9. The van der Waals surface area contributed by atoms with Crippen LogP contribution < -0.4 is 21.4 Å². The SMILES string of the molecule is C/C=c1\c(=C(C)C)ncn(C2CCC(=O)NC2=O)c1=O. The lowest BCUT2D eigenvalue weighted by atomic mass is 10.1. The quantitative estimate of drug-likeness (QED) is 0.681. The van der Waals surface area contributed by atoms with Gasteiger partial charge in [0.1, 0.15) is 6.04 Å². The summed E-state index contributed by atoms with van der Waals surface area (Å²) >= 11 is 0. The molecule has 1 saturated heterocycles. The van der Waals surface area contributed by atoms with Gasteiger partial charge in [-0.25, -0.2) is 4.98 Å². The van der Waals surface area contributed by atoms with Crippen molar-refractivity contribution in [3.05, 3.63) is 27.2 Å². The summed E-state index contributed by atoms with van der Waals surface area (Å²) in [5.74, 6) is -0.749. The van der Waals surface area contributed by atoms with Crippen molar-refractivity contribution < 1.29 is 9.59 Å². The van der Waals surface area contributed by atoms with E-state index in [-0.39, 0.29) is 17.9 Å². The van der Waals surface area contributed by atoms with Gasteiger partial charge in [-0.05, 0) is 32.8 Å². The van der Waals surface area contributed by atoms with Crippen LogP contribution in [-0.2, 0) is 9.59 Å². The Hall–Kier alpha value is -2.24. The van der Waals surface area contributed by atoms with Crippen molar-refractivity contribution in [2.75, 3.05) is 0 Å². The Labute approximate surface area is 115 Å². The molecule has 1 aromatic rings. The largest absolute Gasteiger partial charge is 0.295 e. The van der Waals surface area contributed by atoms with Gasteiger partial charge < -0.3 is 0 Å². The number of piperidine rings is 1. The Kier molecular flexibility index (Phi) is 3.83. The molecule has 0 aromatic carbocycles. The molecule has 1 atom stereocenters. The normalized spacial score (nSPS) is 19.9. The van der Waals surface area contributed by atoms with Crippen molar-refractivity contribution in [2.24, 2.45) is 0 Å². The zero-order valence-corrected chi connectivity index (χ0v) is 11.8. The molecule has 6 heteroatoms. The van der Waals surface area contributed by atoms with Gasteiger partial charge in [-0.15, -0.1) is 0 Å². The number of nitrogens with one attached hydrogen (secondary N) is 1. The Morgan fingerprint density at radius 1 is 1.40 bits per heavy atom.